The number of benzene rings is 3. The van der Waals surface area contributed by atoms with Gasteiger partial charge in [-0.2, -0.15) is 0 Å². The van der Waals surface area contributed by atoms with Crippen molar-refractivity contribution < 1.29 is 56.7 Å². The second kappa shape index (κ2) is 21.2. The maximum atomic E-state index is 14.6. The van der Waals surface area contributed by atoms with Gasteiger partial charge in [0, 0.05) is 30.5 Å². The summed E-state index contributed by atoms with van der Waals surface area (Å²) >= 11 is 0. The molecule has 3 aromatic carbocycles. The van der Waals surface area contributed by atoms with Gasteiger partial charge in [-0.15, -0.1) is 0 Å². The lowest BCUT2D eigenvalue weighted by Gasteiger charge is -2.60. The molecule has 3 aromatic rings. The van der Waals surface area contributed by atoms with Gasteiger partial charge in [0.1, 0.15) is 18.7 Å². The Kier molecular flexibility index (Phi) is 15.8. The number of hydrogen-bond acceptors (Lipinski definition) is 12. The molecular weight excluding hydrogens is 842 g/mol. The van der Waals surface area contributed by atoms with Crippen molar-refractivity contribution in [2.24, 2.45) is 23.7 Å². The summed E-state index contributed by atoms with van der Waals surface area (Å²) in [6, 6.07) is 24.2. The number of alkyl carbamates (subject to hydrolysis) is 1. The van der Waals surface area contributed by atoms with Gasteiger partial charge in [-0.05, 0) is 74.6 Å². The van der Waals surface area contributed by atoms with Crippen molar-refractivity contribution in [1.29, 1.82) is 0 Å². The Labute approximate surface area is 375 Å². The number of rotatable bonds is 19. The van der Waals surface area contributed by atoms with Gasteiger partial charge in [-0.1, -0.05) is 105 Å². The van der Waals surface area contributed by atoms with Crippen LogP contribution in [-0.4, -0.2) is 73.8 Å². The van der Waals surface area contributed by atoms with Crippen molar-refractivity contribution in [3.63, 3.8) is 0 Å². The minimum absolute atomic E-state index is 0.0409. The largest absolute Gasteiger partial charge is 0.445 e. The molecule has 3 amide bonds. The summed E-state index contributed by atoms with van der Waals surface area (Å²) in [7, 11) is -3.64. The van der Waals surface area contributed by atoms with Crippen LogP contribution in [0.25, 0.3) is 0 Å². The Morgan fingerprint density at radius 3 is 2.11 bits per heavy atom. The van der Waals surface area contributed by atoms with E-state index in [-0.39, 0.29) is 50.6 Å². The molecule has 4 saturated heterocycles. The molecule has 5 aliphatic rings. The molecule has 4 aliphatic heterocycles. The maximum absolute atomic E-state index is 14.6. The van der Waals surface area contributed by atoms with Crippen LogP contribution in [0.15, 0.2) is 103 Å². The number of fused-ring (bicyclic) bond motifs is 2. The Bertz CT molecular complexity index is 2090. The van der Waals surface area contributed by atoms with Crippen LogP contribution in [0.5, 0.6) is 0 Å². The molecule has 2 bridgehead atoms. The van der Waals surface area contributed by atoms with Crippen molar-refractivity contribution in [3.8, 4) is 0 Å². The van der Waals surface area contributed by atoms with E-state index in [1.807, 2.05) is 105 Å². The molecule has 1 aliphatic carbocycles. The third kappa shape index (κ3) is 11.1. The molecule has 11 atom stereocenters. The van der Waals surface area contributed by atoms with Crippen LogP contribution in [-0.2, 0) is 65.0 Å². The zero-order valence-corrected chi connectivity index (χ0v) is 38.1. The predicted molar refractivity (Wildman–Crippen MR) is 236 cm³/mol. The van der Waals surface area contributed by atoms with Gasteiger partial charge in [-0.3, -0.25) is 14.2 Å². The first-order valence-corrected chi connectivity index (χ1v) is 24.0. The minimum atomic E-state index is -3.64. The first-order chi connectivity index (χ1) is 30.8. The van der Waals surface area contributed by atoms with Crippen LogP contribution in [0.1, 0.15) is 83.0 Å². The van der Waals surface area contributed by atoms with E-state index in [4.69, 9.17) is 37.8 Å². The number of hydrogen-bond donors (Lipinski definition) is 3. The second-order valence-electron chi connectivity index (χ2n) is 17.2. The van der Waals surface area contributed by atoms with Crippen molar-refractivity contribution in [1.82, 2.24) is 16.0 Å². The van der Waals surface area contributed by atoms with Gasteiger partial charge in [0.05, 0.1) is 25.9 Å². The van der Waals surface area contributed by atoms with Crippen LogP contribution < -0.4 is 16.0 Å². The van der Waals surface area contributed by atoms with E-state index in [0.717, 1.165) is 30.4 Å². The molecule has 8 rings (SSSR count). The summed E-state index contributed by atoms with van der Waals surface area (Å²) in [6.07, 6.45) is 2.51. The Morgan fingerprint density at radius 1 is 0.797 bits per heavy atom. The molecule has 5 fully saturated rings. The van der Waals surface area contributed by atoms with Crippen LogP contribution in [0, 0.1) is 23.7 Å². The Balaban J connectivity index is 1.13. The van der Waals surface area contributed by atoms with Crippen LogP contribution >= 0.6 is 7.60 Å². The number of carbonyl (C=O) groups is 3. The number of ether oxygens (including phenoxy) is 4. The zero-order chi connectivity index (χ0) is 45.3. The van der Waals surface area contributed by atoms with Crippen molar-refractivity contribution >= 4 is 25.5 Å². The molecule has 1 saturated carbocycles. The van der Waals surface area contributed by atoms with Crippen molar-refractivity contribution in [2.75, 3.05) is 19.8 Å². The highest BCUT2D eigenvalue weighted by Gasteiger charge is 2.69. The standard InChI is InChI=1S/C48H62N3O12P/c1-6-58-64(55,59-7-2)28-26-39(36-21-15-10-16-22-36)49-42(52)40(29-34-17-11-8-12-18-34)50-43(53)41(51-46(54)57-30-35-19-13-9-14-20-35)31-56-44-33(4)38-24-23-32(3)37-25-27-47(5)61-45(60-44)48(37,38)63-62-47/h8-22,26,28,32-33,37-41,44-45H,6-7,23-25,27,29-31H2,1-5H3,(H,49,52)(H,50,53)(H,51,54)/b28-26+/t32-,33-,37+,38+,39-,40+,41+,44+,45-,47-,48-/m1/s1. The predicted octanol–water partition coefficient (Wildman–Crippen LogP) is 7.87. The van der Waals surface area contributed by atoms with Crippen LogP contribution in [0.3, 0.4) is 0 Å². The molecule has 4 heterocycles. The molecule has 16 heteroatoms. The molecule has 0 radical (unpaired) electrons. The maximum Gasteiger partial charge on any atom is 0.408 e. The average molecular weight is 904 g/mol. The van der Waals surface area contributed by atoms with E-state index in [1.54, 1.807) is 19.9 Å². The van der Waals surface area contributed by atoms with Gasteiger partial charge < -0.3 is 43.9 Å². The highest BCUT2D eigenvalue weighted by molar-refractivity contribution is 7.57. The van der Waals surface area contributed by atoms with Gasteiger partial charge in [0.2, 0.25) is 17.6 Å². The summed E-state index contributed by atoms with van der Waals surface area (Å²) in [5, 5.41) is 8.62. The van der Waals surface area contributed by atoms with Gasteiger partial charge in [0.25, 0.3) is 0 Å². The van der Waals surface area contributed by atoms with Gasteiger partial charge >= 0.3 is 13.7 Å². The number of carbonyl (C=O) groups excluding carboxylic acids is 3. The van der Waals surface area contributed by atoms with Crippen LogP contribution in [0.4, 0.5) is 4.79 Å². The van der Waals surface area contributed by atoms with Crippen LogP contribution in [0.2, 0.25) is 0 Å². The molecule has 1 spiro atoms. The molecule has 346 valence electrons. The molecular formula is C48H62N3O12P. The molecule has 0 unspecified atom stereocenters. The lowest BCUT2D eigenvalue weighted by Crippen LogP contribution is -2.70. The molecule has 64 heavy (non-hydrogen) atoms. The number of nitrogens with one attached hydrogen (secondary N) is 3. The van der Waals surface area contributed by atoms with E-state index in [1.165, 1.54) is 5.82 Å². The van der Waals surface area contributed by atoms with Gasteiger partial charge in [0.15, 0.2) is 18.2 Å². The molecule has 3 N–H and O–H groups in total. The Morgan fingerprint density at radius 2 is 1.44 bits per heavy atom. The fraction of sp³-hybridized carbons (Fsp3) is 0.521. The highest BCUT2D eigenvalue weighted by atomic mass is 31.2. The second-order valence-corrected chi connectivity index (χ2v) is 19.1. The molecule has 0 aromatic heterocycles. The van der Waals surface area contributed by atoms with Crippen molar-refractivity contribution in [3.05, 3.63) is 120 Å². The summed E-state index contributed by atoms with van der Waals surface area (Å²) in [4.78, 5) is 54.8. The lowest BCUT2D eigenvalue weighted by atomic mass is 9.58. The fourth-order valence-electron chi connectivity index (χ4n) is 9.51. The third-order valence-corrected chi connectivity index (χ3v) is 14.6. The summed E-state index contributed by atoms with van der Waals surface area (Å²) in [5.41, 5.74) is 1.39. The topological polar surface area (TPSA) is 178 Å². The average Bonchev–Trinajstić information content (AvgIpc) is 3.53. The van der Waals surface area contributed by atoms with Gasteiger partial charge in [-0.25, -0.2) is 14.6 Å². The fourth-order valence-corrected chi connectivity index (χ4v) is 10.9. The first-order valence-electron chi connectivity index (χ1n) is 22.4. The summed E-state index contributed by atoms with van der Waals surface area (Å²) in [5.74, 6) is -0.639. The normalized spacial score (nSPS) is 28.8. The number of amides is 3. The smallest absolute Gasteiger partial charge is 0.408 e. The molecule has 15 nitrogen and oxygen atoms in total. The van der Waals surface area contributed by atoms with E-state index in [2.05, 4.69) is 22.9 Å². The first kappa shape index (κ1) is 47.5. The minimum Gasteiger partial charge on any atom is -0.445 e. The van der Waals surface area contributed by atoms with E-state index < -0.39 is 67.6 Å². The summed E-state index contributed by atoms with van der Waals surface area (Å²) < 4.78 is 49.6. The monoisotopic (exact) mass is 903 g/mol. The SMILES string of the molecule is CCOP(=O)(/C=C/[C@@H](NC(=O)[C@H](Cc1ccccc1)NC(=O)[C@H](CO[C@H]1O[C@@H]2O[C@@]3(C)CC[C@H]4[C@H](C)CC[C@@H]([C@H]1C)[C@@]24OO3)NC(=O)OCc1ccccc1)c1ccccc1)OCC. The van der Waals surface area contributed by atoms with Crippen molar-refractivity contribution in [2.45, 2.75) is 115 Å². The van der Waals surface area contributed by atoms with E-state index in [0.29, 0.717) is 17.9 Å². The third-order valence-electron chi connectivity index (χ3n) is 12.8. The Hall–Kier alpha value is -4.44. The van der Waals surface area contributed by atoms with E-state index in [9.17, 15) is 18.9 Å². The highest BCUT2D eigenvalue weighted by Crippen LogP contribution is 2.60. The summed E-state index contributed by atoms with van der Waals surface area (Å²) in [6.45, 7) is 9.48. The van der Waals surface area contributed by atoms with E-state index >= 15 is 0 Å². The lowest BCUT2D eigenvalue weighted by molar-refractivity contribution is -0.577. The quantitative estimate of drug-likeness (QED) is 0.0785. The zero-order valence-electron chi connectivity index (χ0n) is 37.2.